The summed E-state index contributed by atoms with van der Waals surface area (Å²) in [6.45, 7) is 3.85. The van der Waals surface area contributed by atoms with Crippen molar-refractivity contribution in [3.63, 3.8) is 0 Å². The van der Waals surface area contributed by atoms with Crippen LogP contribution in [0.15, 0.2) is 65.9 Å². The molecule has 0 amide bonds. The van der Waals surface area contributed by atoms with Crippen LogP contribution in [0.2, 0.25) is 5.02 Å². The molecule has 27 heavy (non-hydrogen) atoms. The standard InChI is InChI=1S/C19H21ClN6.HI/c1-2-21-19(22-12-15-7-6-8-16(20)11-15)23-13-18-25-24-14-26(18)17-9-4-3-5-10-17;/h3-11,14H,2,12-13H2,1H3,(H2,21,22,23);1H. The third-order valence-corrected chi connectivity index (χ3v) is 3.95. The highest BCUT2D eigenvalue weighted by atomic mass is 127. The van der Waals surface area contributed by atoms with E-state index in [-0.39, 0.29) is 24.0 Å². The molecule has 1 aromatic heterocycles. The lowest BCUT2D eigenvalue weighted by Gasteiger charge is -2.12. The van der Waals surface area contributed by atoms with E-state index in [9.17, 15) is 0 Å². The van der Waals surface area contributed by atoms with Gasteiger partial charge in [0.1, 0.15) is 6.33 Å². The Labute approximate surface area is 181 Å². The van der Waals surface area contributed by atoms with E-state index in [1.807, 2.05) is 66.1 Å². The van der Waals surface area contributed by atoms with Crippen LogP contribution in [0.25, 0.3) is 5.69 Å². The fourth-order valence-corrected chi connectivity index (χ4v) is 2.71. The molecule has 0 spiro atoms. The largest absolute Gasteiger partial charge is 0.357 e. The Morgan fingerprint density at radius 3 is 2.67 bits per heavy atom. The van der Waals surface area contributed by atoms with Crippen LogP contribution in [0, 0.1) is 0 Å². The van der Waals surface area contributed by atoms with E-state index in [2.05, 4.69) is 25.8 Å². The van der Waals surface area contributed by atoms with Gasteiger partial charge in [-0.1, -0.05) is 41.9 Å². The van der Waals surface area contributed by atoms with Crippen LogP contribution in [0.1, 0.15) is 18.3 Å². The third kappa shape index (κ3) is 6.21. The smallest absolute Gasteiger partial charge is 0.191 e. The van der Waals surface area contributed by atoms with Crippen molar-refractivity contribution in [3.05, 3.63) is 77.3 Å². The first-order chi connectivity index (χ1) is 12.8. The summed E-state index contributed by atoms with van der Waals surface area (Å²) in [6, 6.07) is 17.7. The van der Waals surface area contributed by atoms with Gasteiger partial charge in [0, 0.05) is 17.3 Å². The molecule has 0 radical (unpaired) electrons. The number of nitrogens with zero attached hydrogens (tertiary/aromatic N) is 4. The predicted octanol–water partition coefficient (Wildman–Crippen LogP) is 3.79. The van der Waals surface area contributed by atoms with Gasteiger partial charge in [-0.15, -0.1) is 34.2 Å². The summed E-state index contributed by atoms with van der Waals surface area (Å²) >= 11 is 6.03. The topological polar surface area (TPSA) is 67.1 Å². The molecule has 3 rings (SSSR count). The van der Waals surface area contributed by atoms with Gasteiger partial charge in [-0.2, -0.15) is 0 Å². The molecule has 3 aromatic rings. The molecule has 0 saturated heterocycles. The molecular weight excluding hydrogens is 475 g/mol. The van der Waals surface area contributed by atoms with E-state index in [0.717, 1.165) is 29.6 Å². The van der Waals surface area contributed by atoms with Crippen molar-refractivity contribution in [2.45, 2.75) is 20.0 Å². The highest BCUT2D eigenvalue weighted by molar-refractivity contribution is 14.0. The summed E-state index contributed by atoms with van der Waals surface area (Å²) in [6.07, 6.45) is 1.71. The molecule has 0 aliphatic rings. The molecule has 142 valence electrons. The van der Waals surface area contributed by atoms with Crippen molar-refractivity contribution in [1.82, 2.24) is 25.4 Å². The van der Waals surface area contributed by atoms with Crippen molar-refractivity contribution >= 4 is 41.5 Å². The fraction of sp³-hybridized carbons (Fsp3) is 0.211. The summed E-state index contributed by atoms with van der Waals surface area (Å²) in [4.78, 5) is 4.61. The van der Waals surface area contributed by atoms with Gasteiger partial charge in [-0.3, -0.25) is 4.57 Å². The Kier molecular flexibility index (Phi) is 8.53. The van der Waals surface area contributed by atoms with Crippen molar-refractivity contribution in [2.75, 3.05) is 6.54 Å². The van der Waals surface area contributed by atoms with Gasteiger partial charge in [0.2, 0.25) is 0 Å². The van der Waals surface area contributed by atoms with Gasteiger partial charge in [-0.05, 0) is 36.8 Å². The zero-order chi connectivity index (χ0) is 18.2. The summed E-state index contributed by atoms with van der Waals surface area (Å²) in [7, 11) is 0. The zero-order valence-electron chi connectivity index (χ0n) is 15.0. The van der Waals surface area contributed by atoms with Crippen LogP contribution in [0.3, 0.4) is 0 Å². The molecule has 0 unspecified atom stereocenters. The second kappa shape index (κ2) is 10.9. The molecule has 0 aliphatic carbocycles. The second-order valence-electron chi connectivity index (χ2n) is 5.63. The first-order valence-corrected chi connectivity index (χ1v) is 8.85. The minimum Gasteiger partial charge on any atom is -0.357 e. The Bertz CT molecular complexity index is 865. The van der Waals surface area contributed by atoms with E-state index >= 15 is 0 Å². The summed E-state index contributed by atoms with van der Waals surface area (Å²) in [5.74, 6) is 1.53. The first-order valence-electron chi connectivity index (χ1n) is 8.47. The molecule has 6 nitrogen and oxygen atoms in total. The van der Waals surface area contributed by atoms with Crippen molar-refractivity contribution < 1.29 is 0 Å². The number of benzene rings is 2. The number of halogens is 2. The van der Waals surface area contributed by atoms with Crippen molar-refractivity contribution in [1.29, 1.82) is 0 Å². The van der Waals surface area contributed by atoms with Crippen LogP contribution >= 0.6 is 35.6 Å². The molecule has 0 bridgehead atoms. The van der Waals surface area contributed by atoms with E-state index < -0.39 is 0 Å². The number of hydrogen-bond acceptors (Lipinski definition) is 3. The van der Waals surface area contributed by atoms with Gasteiger partial charge in [0.25, 0.3) is 0 Å². The maximum Gasteiger partial charge on any atom is 0.191 e. The zero-order valence-corrected chi connectivity index (χ0v) is 18.1. The van der Waals surface area contributed by atoms with Crippen LogP contribution in [0.5, 0.6) is 0 Å². The lowest BCUT2D eigenvalue weighted by molar-refractivity contribution is 0.756. The number of rotatable bonds is 6. The van der Waals surface area contributed by atoms with Gasteiger partial charge >= 0.3 is 0 Å². The molecule has 0 atom stereocenters. The summed E-state index contributed by atoms with van der Waals surface area (Å²) in [5.41, 5.74) is 2.08. The predicted molar refractivity (Wildman–Crippen MR) is 120 cm³/mol. The number of nitrogens with one attached hydrogen (secondary N) is 2. The maximum atomic E-state index is 6.03. The number of aliphatic imine (C=N–C) groups is 1. The van der Waals surface area contributed by atoms with E-state index in [1.165, 1.54) is 0 Å². The Hall–Kier alpha value is -2.13. The average molecular weight is 497 g/mol. The summed E-state index contributed by atoms with van der Waals surface area (Å²) in [5, 5.41) is 15.5. The van der Waals surface area contributed by atoms with Crippen molar-refractivity contribution in [3.8, 4) is 5.69 Å². The number of hydrogen-bond donors (Lipinski definition) is 2. The van der Waals surface area contributed by atoms with E-state index in [1.54, 1.807) is 6.33 Å². The van der Waals surface area contributed by atoms with Crippen LogP contribution in [-0.4, -0.2) is 27.3 Å². The number of aromatic nitrogens is 3. The lowest BCUT2D eigenvalue weighted by atomic mass is 10.2. The molecule has 0 saturated carbocycles. The number of para-hydroxylation sites is 1. The fourth-order valence-electron chi connectivity index (χ4n) is 2.49. The lowest BCUT2D eigenvalue weighted by Crippen LogP contribution is -2.37. The Balaban J connectivity index is 0.00000261. The molecule has 1 heterocycles. The van der Waals surface area contributed by atoms with Gasteiger partial charge in [0.15, 0.2) is 11.8 Å². The normalized spacial score (nSPS) is 11.0. The van der Waals surface area contributed by atoms with Gasteiger partial charge < -0.3 is 10.6 Å². The van der Waals surface area contributed by atoms with Crippen LogP contribution in [0.4, 0.5) is 0 Å². The Morgan fingerprint density at radius 1 is 1.11 bits per heavy atom. The molecule has 0 aliphatic heterocycles. The molecule has 2 N–H and O–H groups in total. The Morgan fingerprint density at radius 2 is 1.93 bits per heavy atom. The summed E-state index contributed by atoms with van der Waals surface area (Å²) < 4.78 is 1.95. The van der Waals surface area contributed by atoms with Gasteiger partial charge in [0.05, 0.1) is 13.1 Å². The SMILES string of the molecule is CCNC(=NCc1cccc(Cl)c1)NCc1nncn1-c1ccccc1.I. The second-order valence-corrected chi connectivity index (χ2v) is 6.07. The monoisotopic (exact) mass is 496 g/mol. The minimum absolute atomic E-state index is 0. The average Bonchev–Trinajstić information content (AvgIpc) is 3.13. The minimum atomic E-state index is 0. The highest BCUT2D eigenvalue weighted by Crippen LogP contribution is 2.11. The molecule has 2 aromatic carbocycles. The first kappa shape index (κ1) is 21.2. The van der Waals surface area contributed by atoms with Crippen LogP contribution < -0.4 is 10.6 Å². The van der Waals surface area contributed by atoms with E-state index in [4.69, 9.17) is 11.6 Å². The third-order valence-electron chi connectivity index (χ3n) is 3.72. The molecule has 0 fully saturated rings. The van der Waals surface area contributed by atoms with Gasteiger partial charge in [-0.25, -0.2) is 4.99 Å². The van der Waals surface area contributed by atoms with E-state index in [0.29, 0.717) is 18.1 Å². The van der Waals surface area contributed by atoms with Crippen LogP contribution in [-0.2, 0) is 13.1 Å². The highest BCUT2D eigenvalue weighted by Gasteiger charge is 2.07. The number of guanidine groups is 1. The maximum absolute atomic E-state index is 6.03. The van der Waals surface area contributed by atoms with Crippen molar-refractivity contribution in [2.24, 2.45) is 4.99 Å². The quantitative estimate of drug-likeness (QED) is 0.310. The molecule has 8 heteroatoms. The molecular formula is C19H22ClIN6.